The number of benzene rings is 2. The van der Waals surface area contributed by atoms with E-state index in [0.29, 0.717) is 4.88 Å². The molecule has 170 valence electrons. The Balaban J connectivity index is 1.91. The number of aryl methyl sites for hydroxylation is 1. The van der Waals surface area contributed by atoms with Crippen molar-refractivity contribution in [3.8, 4) is 0 Å². The number of ketones is 1. The Labute approximate surface area is 200 Å². The monoisotopic (exact) mass is 511 g/mol. The summed E-state index contributed by atoms with van der Waals surface area (Å²) in [4.78, 5) is 27.8. The van der Waals surface area contributed by atoms with Gasteiger partial charge in [0.25, 0.3) is 11.7 Å². The van der Waals surface area contributed by atoms with E-state index < -0.39 is 35.2 Å². The molecule has 1 aliphatic heterocycles. The number of thiophene rings is 1. The van der Waals surface area contributed by atoms with E-state index in [2.05, 4.69) is 0 Å². The zero-order valence-electron chi connectivity index (χ0n) is 16.8. The van der Waals surface area contributed by atoms with Crippen molar-refractivity contribution in [3.05, 3.63) is 91.1 Å². The maximum Gasteiger partial charge on any atom is 0.416 e. The van der Waals surface area contributed by atoms with Crippen molar-refractivity contribution in [1.29, 1.82) is 0 Å². The molecule has 1 atom stereocenters. The number of rotatable bonds is 3. The third-order valence-electron chi connectivity index (χ3n) is 5.26. The average Bonchev–Trinajstić information content (AvgIpc) is 3.29. The Bertz CT molecular complexity index is 1300. The van der Waals surface area contributed by atoms with Gasteiger partial charge in [-0.1, -0.05) is 23.2 Å². The van der Waals surface area contributed by atoms with E-state index in [4.69, 9.17) is 23.2 Å². The Morgan fingerprint density at radius 2 is 1.70 bits per heavy atom. The number of hydrogen-bond acceptors (Lipinski definition) is 4. The van der Waals surface area contributed by atoms with Gasteiger partial charge in [-0.25, -0.2) is 0 Å². The Morgan fingerprint density at radius 3 is 2.24 bits per heavy atom. The minimum Gasteiger partial charge on any atom is -0.507 e. The summed E-state index contributed by atoms with van der Waals surface area (Å²) < 4.78 is 39.0. The lowest BCUT2D eigenvalue weighted by molar-refractivity contribution is -0.137. The van der Waals surface area contributed by atoms with Crippen LogP contribution >= 0.6 is 34.5 Å². The fraction of sp³-hybridized carbons (Fsp3) is 0.130. The van der Waals surface area contributed by atoms with Gasteiger partial charge in [0.15, 0.2) is 0 Å². The van der Waals surface area contributed by atoms with Gasteiger partial charge in [-0.05, 0) is 66.4 Å². The van der Waals surface area contributed by atoms with Crippen molar-refractivity contribution in [3.63, 3.8) is 0 Å². The Kier molecular flexibility index (Phi) is 6.03. The summed E-state index contributed by atoms with van der Waals surface area (Å²) in [6.07, 6.45) is -4.55. The summed E-state index contributed by atoms with van der Waals surface area (Å²) >= 11 is 13.2. The summed E-state index contributed by atoms with van der Waals surface area (Å²) in [5.74, 6) is -2.38. The molecule has 4 rings (SSSR count). The van der Waals surface area contributed by atoms with Crippen molar-refractivity contribution in [2.45, 2.75) is 19.1 Å². The van der Waals surface area contributed by atoms with Crippen LogP contribution in [-0.2, 0) is 15.8 Å². The van der Waals surface area contributed by atoms with Gasteiger partial charge < -0.3 is 5.11 Å². The van der Waals surface area contributed by atoms with Gasteiger partial charge in [-0.3, -0.25) is 14.5 Å². The summed E-state index contributed by atoms with van der Waals surface area (Å²) in [5.41, 5.74) is -0.0553. The Hall–Kier alpha value is -2.81. The zero-order valence-corrected chi connectivity index (χ0v) is 19.1. The van der Waals surface area contributed by atoms with Crippen molar-refractivity contribution in [2.75, 3.05) is 4.90 Å². The number of aliphatic hydroxyl groups excluding tert-OH is 1. The number of amides is 1. The second-order valence-electron chi connectivity index (χ2n) is 7.31. The van der Waals surface area contributed by atoms with Crippen LogP contribution in [0.1, 0.15) is 27.6 Å². The molecule has 1 N–H and O–H groups in total. The normalized spacial score (nSPS) is 18.2. The second kappa shape index (κ2) is 8.52. The molecule has 0 saturated carbocycles. The average molecular weight is 512 g/mol. The number of hydrogen-bond donors (Lipinski definition) is 1. The Morgan fingerprint density at radius 1 is 1.03 bits per heavy atom. The molecule has 0 bridgehead atoms. The van der Waals surface area contributed by atoms with Crippen molar-refractivity contribution < 1.29 is 27.9 Å². The fourth-order valence-corrected chi connectivity index (χ4v) is 4.94. The van der Waals surface area contributed by atoms with Crippen molar-refractivity contribution in [2.24, 2.45) is 0 Å². The molecule has 33 heavy (non-hydrogen) atoms. The first-order valence-corrected chi connectivity index (χ1v) is 11.1. The molecular weight excluding hydrogens is 498 g/mol. The number of aliphatic hydroxyl groups is 1. The predicted octanol–water partition coefficient (Wildman–Crippen LogP) is 7.01. The number of alkyl halides is 3. The molecular formula is C23H14Cl2F3NO3S. The van der Waals surface area contributed by atoms with Crippen LogP contribution in [-0.4, -0.2) is 16.8 Å². The minimum absolute atomic E-state index is 0.0936. The van der Waals surface area contributed by atoms with Crippen LogP contribution in [0, 0.1) is 6.92 Å². The predicted molar refractivity (Wildman–Crippen MR) is 122 cm³/mol. The van der Waals surface area contributed by atoms with Gasteiger partial charge in [0.1, 0.15) is 11.8 Å². The van der Waals surface area contributed by atoms with Gasteiger partial charge in [-0.2, -0.15) is 13.2 Å². The molecule has 1 aromatic heterocycles. The molecule has 1 aliphatic rings. The SMILES string of the molecule is Cc1ccsc1C1/C(=C(/O)c2ccc(Cl)c(Cl)c2)C(=O)C(=O)N1c1ccc(C(F)(F)F)cc1. The quantitative estimate of drug-likeness (QED) is 0.233. The number of anilines is 1. The molecule has 0 spiro atoms. The van der Waals surface area contributed by atoms with Crippen LogP contribution in [0.25, 0.3) is 5.76 Å². The van der Waals surface area contributed by atoms with E-state index in [9.17, 15) is 27.9 Å². The summed E-state index contributed by atoms with van der Waals surface area (Å²) in [6, 6.07) is 8.94. The lowest BCUT2D eigenvalue weighted by Crippen LogP contribution is -2.29. The third-order valence-corrected chi connectivity index (χ3v) is 7.07. The van der Waals surface area contributed by atoms with Crippen LogP contribution < -0.4 is 4.90 Å². The summed E-state index contributed by atoms with van der Waals surface area (Å²) in [7, 11) is 0. The number of halogens is 5. The van der Waals surface area contributed by atoms with Gasteiger partial charge in [-0.15, -0.1) is 11.3 Å². The molecule has 0 aliphatic carbocycles. The van der Waals surface area contributed by atoms with Crippen LogP contribution in [0.4, 0.5) is 18.9 Å². The van der Waals surface area contributed by atoms with E-state index >= 15 is 0 Å². The molecule has 2 aromatic carbocycles. The standard InChI is InChI=1S/C23H14Cl2F3NO3S/c1-11-8-9-33-21(11)18-17(19(30)12-2-7-15(24)16(25)10-12)20(31)22(32)29(18)14-5-3-13(4-6-14)23(26,27)28/h2-10,18,30H,1H3/b19-17-. The lowest BCUT2D eigenvalue weighted by atomic mass is 9.98. The highest BCUT2D eigenvalue weighted by atomic mass is 35.5. The fourth-order valence-electron chi connectivity index (χ4n) is 3.62. The first kappa shape index (κ1) is 23.4. The topological polar surface area (TPSA) is 57.6 Å². The van der Waals surface area contributed by atoms with Gasteiger partial charge in [0.05, 0.1) is 21.2 Å². The van der Waals surface area contributed by atoms with Crippen molar-refractivity contribution in [1.82, 2.24) is 0 Å². The van der Waals surface area contributed by atoms with E-state index in [0.717, 1.165) is 34.7 Å². The second-order valence-corrected chi connectivity index (χ2v) is 9.07. The molecule has 3 aromatic rings. The molecule has 4 nitrogen and oxygen atoms in total. The van der Waals surface area contributed by atoms with Gasteiger partial charge >= 0.3 is 6.18 Å². The number of nitrogens with zero attached hydrogens (tertiary/aromatic N) is 1. The van der Waals surface area contributed by atoms with Crippen molar-refractivity contribution >= 4 is 57.7 Å². The first-order valence-electron chi connectivity index (χ1n) is 9.48. The zero-order chi connectivity index (χ0) is 24.1. The maximum absolute atomic E-state index is 13.1. The molecule has 1 unspecified atom stereocenters. The minimum atomic E-state index is -4.55. The van der Waals surface area contributed by atoms with E-state index in [1.807, 2.05) is 0 Å². The molecule has 10 heteroatoms. The molecule has 2 heterocycles. The first-order chi connectivity index (χ1) is 15.5. The van der Waals surface area contributed by atoms with E-state index in [1.54, 1.807) is 18.4 Å². The van der Waals surface area contributed by atoms with Crippen LogP contribution in [0.5, 0.6) is 0 Å². The van der Waals surface area contributed by atoms with Gasteiger partial charge in [0.2, 0.25) is 0 Å². The largest absolute Gasteiger partial charge is 0.507 e. The lowest BCUT2D eigenvalue weighted by Gasteiger charge is -2.25. The summed E-state index contributed by atoms with van der Waals surface area (Å²) in [6.45, 7) is 1.78. The maximum atomic E-state index is 13.1. The highest BCUT2D eigenvalue weighted by molar-refractivity contribution is 7.10. The smallest absolute Gasteiger partial charge is 0.416 e. The number of carbonyl (C=O) groups is 2. The highest BCUT2D eigenvalue weighted by Crippen LogP contribution is 2.45. The van der Waals surface area contributed by atoms with E-state index in [1.165, 1.54) is 29.5 Å². The van der Waals surface area contributed by atoms with Gasteiger partial charge in [0, 0.05) is 16.1 Å². The number of carbonyl (C=O) groups excluding carboxylic acids is 2. The van der Waals surface area contributed by atoms with Crippen LogP contribution in [0.3, 0.4) is 0 Å². The third kappa shape index (κ3) is 4.14. The molecule has 1 amide bonds. The van der Waals surface area contributed by atoms with Crippen LogP contribution in [0.15, 0.2) is 59.5 Å². The highest BCUT2D eigenvalue weighted by Gasteiger charge is 2.48. The van der Waals surface area contributed by atoms with E-state index in [-0.39, 0.29) is 26.9 Å². The molecule has 1 saturated heterocycles. The summed E-state index contributed by atoms with van der Waals surface area (Å²) in [5, 5.41) is 13.2. The number of Topliss-reactive ketones (excluding diaryl/α,β-unsaturated/α-hetero) is 1. The molecule has 0 radical (unpaired) electrons. The molecule has 1 fully saturated rings. The van der Waals surface area contributed by atoms with Crippen LogP contribution in [0.2, 0.25) is 10.0 Å².